The quantitative estimate of drug-likeness (QED) is 0.0698. The Morgan fingerprint density at radius 2 is 0.620 bits per heavy atom. The van der Waals surface area contributed by atoms with E-state index in [9.17, 15) is 5.53 Å². The van der Waals surface area contributed by atoms with Gasteiger partial charge in [-0.3, -0.25) is 0 Å². The second-order valence-electron chi connectivity index (χ2n) is 15.5. The van der Waals surface area contributed by atoms with Crippen molar-refractivity contribution in [1.29, 1.82) is 0 Å². The molecule has 1 heterocycles. The summed E-state index contributed by atoms with van der Waals surface area (Å²) in [7, 11) is 0. The average molecular weight is 681 g/mol. The molecule has 2 heteroatoms. The van der Waals surface area contributed by atoms with Crippen molar-refractivity contribution >= 4 is 11.4 Å². The fourth-order valence-corrected chi connectivity index (χ4v) is 8.23. The van der Waals surface area contributed by atoms with Gasteiger partial charge in [0.05, 0.1) is 0 Å². The van der Waals surface area contributed by atoms with Crippen molar-refractivity contribution in [2.45, 2.75) is 209 Å². The summed E-state index contributed by atoms with van der Waals surface area (Å²) in [6, 6.07) is 9.90. The zero-order chi connectivity index (χ0) is 36.3. The summed E-state index contributed by atoms with van der Waals surface area (Å²) in [6.45, 7) is 18.3. The van der Waals surface area contributed by atoms with Gasteiger partial charge in [-0.05, 0) is 149 Å². The zero-order valence-corrected chi connectivity index (χ0v) is 34.2. The van der Waals surface area contributed by atoms with Crippen molar-refractivity contribution in [3.63, 3.8) is 0 Å². The standard InChI is InChI=1S/C48H76N2/c1-9-15-21-27-39-33-43(34-40(28-22-16-10-2)45(39)31-25-19-13-5)47-37(7)38(8)48(50(47)49)44-35-41(29-23-17-11-3)46(32-26-20-14-6)42(36-44)30-24-18-12-4/h33-36H,9-32H2,1-8H3. The Balaban J connectivity index is 2.13. The van der Waals surface area contributed by atoms with Crippen LogP contribution in [0.3, 0.4) is 0 Å². The van der Waals surface area contributed by atoms with Crippen LogP contribution in [0.15, 0.2) is 35.4 Å². The Morgan fingerprint density at radius 3 is 0.860 bits per heavy atom. The van der Waals surface area contributed by atoms with Gasteiger partial charge in [0, 0.05) is 22.3 Å². The van der Waals surface area contributed by atoms with Crippen molar-refractivity contribution in [3.05, 3.63) is 85.5 Å². The van der Waals surface area contributed by atoms with E-state index in [4.69, 9.17) is 0 Å². The van der Waals surface area contributed by atoms with Gasteiger partial charge in [0.1, 0.15) is 0 Å². The Morgan fingerprint density at radius 1 is 0.380 bits per heavy atom. The molecule has 0 spiro atoms. The van der Waals surface area contributed by atoms with Gasteiger partial charge in [0.25, 0.3) is 0 Å². The molecule has 0 fully saturated rings. The molecule has 50 heavy (non-hydrogen) atoms. The Hall–Kier alpha value is -2.48. The summed E-state index contributed by atoms with van der Waals surface area (Å²) in [6.07, 6.45) is 29.6. The van der Waals surface area contributed by atoms with E-state index >= 15 is 0 Å². The highest BCUT2D eigenvalue weighted by atomic mass is 15.2. The van der Waals surface area contributed by atoms with Crippen LogP contribution in [0, 0.1) is 0 Å². The average Bonchev–Trinajstić information content (AvgIpc) is 3.33. The molecule has 0 radical (unpaired) electrons. The van der Waals surface area contributed by atoms with Gasteiger partial charge in [0.2, 0.25) is 11.4 Å². The van der Waals surface area contributed by atoms with Gasteiger partial charge in [-0.25, -0.2) is 4.70 Å². The third kappa shape index (κ3) is 11.8. The van der Waals surface area contributed by atoms with Crippen molar-refractivity contribution in [1.82, 2.24) is 0 Å². The monoisotopic (exact) mass is 681 g/mol. The first-order valence-corrected chi connectivity index (χ1v) is 21.6. The number of nitrogens with zero attached hydrogens (tertiary/aromatic N) is 2. The summed E-state index contributed by atoms with van der Waals surface area (Å²) in [5.41, 5.74) is 28.5. The SMILES string of the molecule is CCCCCc1cc(C2=C(C)C(C)=C(c3cc(CCCCC)c(CCCCC)c(CCCCC)c3)[N+]2=[N-])cc(CCCCC)c1CCCCC. The number of aryl methyl sites for hydroxylation is 4. The lowest BCUT2D eigenvalue weighted by Gasteiger charge is -2.20. The lowest BCUT2D eigenvalue weighted by molar-refractivity contribution is -0.345. The number of benzene rings is 2. The molecule has 2 aromatic rings. The highest BCUT2D eigenvalue weighted by Gasteiger charge is 2.33. The molecule has 2 aromatic carbocycles. The van der Waals surface area contributed by atoms with E-state index in [1.54, 1.807) is 15.8 Å². The van der Waals surface area contributed by atoms with Crippen LogP contribution in [-0.2, 0) is 38.5 Å². The number of hydrogen-bond donors (Lipinski definition) is 0. The van der Waals surface area contributed by atoms with E-state index in [2.05, 4.69) is 79.7 Å². The summed E-state index contributed by atoms with van der Waals surface area (Å²) in [5.74, 6) is 0. The Labute approximate surface area is 310 Å². The van der Waals surface area contributed by atoms with Gasteiger partial charge in [-0.15, -0.1) is 0 Å². The molecule has 0 atom stereocenters. The Kier molecular flexibility index (Phi) is 19.4. The molecule has 0 aliphatic carbocycles. The van der Waals surface area contributed by atoms with Gasteiger partial charge >= 0.3 is 0 Å². The molecule has 3 rings (SSSR count). The van der Waals surface area contributed by atoms with E-state index in [1.807, 2.05) is 0 Å². The van der Waals surface area contributed by atoms with Crippen LogP contribution in [0.5, 0.6) is 0 Å². The fourth-order valence-electron chi connectivity index (χ4n) is 8.23. The first-order valence-electron chi connectivity index (χ1n) is 21.6. The third-order valence-corrected chi connectivity index (χ3v) is 11.4. The van der Waals surface area contributed by atoms with Crippen LogP contribution < -0.4 is 0 Å². The molecule has 1 aliphatic rings. The van der Waals surface area contributed by atoms with Crippen LogP contribution in [-0.4, -0.2) is 4.70 Å². The zero-order valence-electron chi connectivity index (χ0n) is 34.2. The first-order chi connectivity index (χ1) is 24.4. The normalized spacial score (nSPS) is 13.4. The van der Waals surface area contributed by atoms with Crippen molar-refractivity contribution in [2.24, 2.45) is 0 Å². The summed E-state index contributed by atoms with van der Waals surface area (Å²) >= 11 is 0. The lowest BCUT2D eigenvalue weighted by Crippen LogP contribution is -2.09. The van der Waals surface area contributed by atoms with E-state index in [0.717, 1.165) is 37.1 Å². The minimum atomic E-state index is 0.998. The summed E-state index contributed by atoms with van der Waals surface area (Å²) < 4.78 is 1.60. The molecule has 278 valence electrons. The highest BCUT2D eigenvalue weighted by Crippen LogP contribution is 2.42. The molecule has 0 N–H and O–H groups in total. The fraction of sp³-hybridized carbons (Fsp3) is 0.667. The smallest absolute Gasteiger partial charge is 0.210 e. The topological polar surface area (TPSA) is 25.3 Å². The summed E-state index contributed by atoms with van der Waals surface area (Å²) in [5, 5.41) is 0. The third-order valence-electron chi connectivity index (χ3n) is 11.4. The van der Waals surface area contributed by atoms with E-state index < -0.39 is 0 Å². The molecule has 1 aliphatic heterocycles. The molecule has 0 aromatic heterocycles. The van der Waals surface area contributed by atoms with Crippen LogP contribution >= 0.6 is 0 Å². The second kappa shape index (κ2) is 23.2. The molecular weight excluding hydrogens is 605 g/mol. The lowest BCUT2D eigenvalue weighted by atomic mass is 9.87. The van der Waals surface area contributed by atoms with Crippen LogP contribution in [0.2, 0.25) is 0 Å². The molecule has 0 saturated carbocycles. The molecule has 0 saturated heterocycles. The second-order valence-corrected chi connectivity index (χ2v) is 15.5. The van der Waals surface area contributed by atoms with Crippen molar-refractivity contribution < 1.29 is 4.70 Å². The predicted molar refractivity (Wildman–Crippen MR) is 221 cm³/mol. The number of rotatable bonds is 26. The predicted octanol–water partition coefficient (Wildman–Crippen LogP) is 15.3. The number of allylic oxidation sites excluding steroid dienone is 2. The van der Waals surface area contributed by atoms with Crippen molar-refractivity contribution in [2.75, 3.05) is 0 Å². The highest BCUT2D eigenvalue weighted by molar-refractivity contribution is 5.82. The largest absolute Gasteiger partial charge is 0.493 e. The van der Waals surface area contributed by atoms with Gasteiger partial charge in [-0.2, -0.15) is 0 Å². The molecular formula is C48H76N2. The maximum absolute atomic E-state index is 12.3. The minimum absolute atomic E-state index is 0.998. The van der Waals surface area contributed by atoms with Gasteiger partial charge in [-0.1, -0.05) is 119 Å². The van der Waals surface area contributed by atoms with Gasteiger partial charge in [0.15, 0.2) is 0 Å². The van der Waals surface area contributed by atoms with Crippen LogP contribution in [0.1, 0.15) is 215 Å². The molecule has 2 nitrogen and oxygen atoms in total. The van der Waals surface area contributed by atoms with E-state index in [1.165, 1.54) is 173 Å². The summed E-state index contributed by atoms with van der Waals surface area (Å²) in [4.78, 5) is 0. The minimum Gasteiger partial charge on any atom is -0.493 e. The molecule has 0 amide bonds. The maximum atomic E-state index is 12.3. The number of unbranched alkanes of at least 4 members (excludes halogenated alkanes) is 12. The maximum Gasteiger partial charge on any atom is 0.210 e. The molecule has 0 unspecified atom stereocenters. The van der Waals surface area contributed by atoms with E-state index in [-0.39, 0.29) is 0 Å². The molecule has 0 bridgehead atoms. The Bertz CT molecular complexity index is 1240. The van der Waals surface area contributed by atoms with Gasteiger partial charge < -0.3 is 5.53 Å². The first kappa shape index (κ1) is 41.9. The van der Waals surface area contributed by atoms with Crippen molar-refractivity contribution in [3.8, 4) is 0 Å². The van der Waals surface area contributed by atoms with E-state index in [0.29, 0.717) is 0 Å². The van der Waals surface area contributed by atoms with Crippen LogP contribution in [0.4, 0.5) is 0 Å². The van der Waals surface area contributed by atoms with Crippen LogP contribution in [0.25, 0.3) is 16.9 Å². The number of hydrogen-bond acceptors (Lipinski definition) is 0.